The summed E-state index contributed by atoms with van der Waals surface area (Å²) in [5.41, 5.74) is 4.25. The number of aromatic nitrogens is 3. The molecule has 3 heterocycles. The van der Waals surface area contributed by atoms with Crippen LogP contribution in [-0.2, 0) is 6.18 Å². The summed E-state index contributed by atoms with van der Waals surface area (Å²) in [4.78, 5) is 18.9. The van der Waals surface area contributed by atoms with Crippen molar-refractivity contribution in [3.8, 4) is 11.3 Å². The SMILES string of the molecule is CC(C)c1ccc(-c2cc(C(F)(F)F)n3nc(C(=O)N4N=C5/C(=C\c6ccc(Br)cc6)CCCC5C4c4ccc(Br)cc4)cc3n2)cc1. The van der Waals surface area contributed by atoms with Gasteiger partial charge in [0.05, 0.1) is 17.4 Å². The van der Waals surface area contributed by atoms with Gasteiger partial charge in [0.1, 0.15) is 0 Å². The van der Waals surface area contributed by atoms with Crippen LogP contribution in [0.15, 0.2) is 105 Å². The van der Waals surface area contributed by atoms with Crippen LogP contribution in [0.5, 0.6) is 0 Å². The number of amides is 1. The number of halogens is 5. The lowest BCUT2D eigenvalue weighted by Gasteiger charge is -2.29. The molecule has 0 bridgehead atoms. The van der Waals surface area contributed by atoms with Crippen molar-refractivity contribution in [1.29, 1.82) is 0 Å². The van der Waals surface area contributed by atoms with Crippen molar-refractivity contribution in [3.05, 3.63) is 128 Å². The fourth-order valence-electron chi connectivity index (χ4n) is 6.51. The molecule has 0 saturated heterocycles. The maximum atomic E-state index is 14.4. The van der Waals surface area contributed by atoms with E-state index in [9.17, 15) is 18.0 Å². The Morgan fingerprint density at radius 3 is 2.25 bits per heavy atom. The predicted molar refractivity (Wildman–Crippen MR) is 187 cm³/mol. The summed E-state index contributed by atoms with van der Waals surface area (Å²) >= 11 is 6.98. The van der Waals surface area contributed by atoms with E-state index in [0.717, 1.165) is 62.2 Å². The topological polar surface area (TPSA) is 62.9 Å². The predicted octanol–water partition coefficient (Wildman–Crippen LogP) is 10.5. The summed E-state index contributed by atoms with van der Waals surface area (Å²) in [6, 6.07) is 24.9. The second-order valence-electron chi connectivity index (χ2n) is 12.5. The normalized spacial score (nSPS) is 18.9. The number of nitrogens with zero attached hydrogens (tertiary/aromatic N) is 5. The molecule has 11 heteroatoms. The molecule has 1 fully saturated rings. The van der Waals surface area contributed by atoms with Crippen LogP contribution >= 0.6 is 31.9 Å². The highest BCUT2D eigenvalue weighted by atomic mass is 79.9. The van der Waals surface area contributed by atoms with E-state index < -0.39 is 23.8 Å². The number of rotatable bonds is 5. The smallest absolute Gasteiger partial charge is 0.265 e. The quantitative estimate of drug-likeness (QED) is 0.179. The summed E-state index contributed by atoms with van der Waals surface area (Å²) < 4.78 is 45.9. The molecule has 244 valence electrons. The van der Waals surface area contributed by atoms with Crippen LogP contribution in [0.4, 0.5) is 13.2 Å². The van der Waals surface area contributed by atoms with Gasteiger partial charge in [-0.15, -0.1) is 0 Å². The first-order valence-electron chi connectivity index (χ1n) is 15.7. The van der Waals surface area contributed by atoms with Crippen molar-refractivity contribution in [2.75, 3.05) is 0 Å². The van der Waals surface area contributed by atoms with Gasteiger partial charge < -0.3 is 0 Å². The first kappa shape index (κ1) is 32.5. The molecule has 0 radical (unpaired) electrons. The lowest BCUT2D eigenvalue weighted by molar-refractivity contribution is -0.142. The molecule has 0 spiro atoms. The fourth-order valence-corrected chi connectivity index (χ4v) is 7.03. The zero-order valence-electron chi connectivity index (χ0n) is 26.0. The van der Waals surface area contributed by atoms with Gasteiger partial charge in [-0.1, -0.05) is 94.2 Å². The molecule has 6 nitrogen and oxygen atoms in total. The van der Waals surface area contributed by atoms with Gasteiger partial charge in [0.15, 0.2) is 17.0 Å². The molecule has 2 aliphatic rings. The van der Waals surface area contributed by atoms with Crippen LogP contribution in [0.1, 0.15) is 77.9 Å². The largest absolute Gasteiger partial charge is 0.433 e. The Labute approximate surface area is 292 Å². The highest BCUT2D eigenvalue weighted by Gasteiger charge is 2.45. The summed E-state index contributed by atoms with van der Waals surface area (Å²) in [6.45, 7) is 4.10. The standard InChI is InChI=1S/C37H30Br2F3N5O/c1-21(2)23-8-10-24(11-9-23)30-19-32(37(40,41)42)46-33(43-30)20-31(44-46)36(48)47-35(25-12-16-28(39)17-13-25)29-5-3-4-26(34(29)45-47)18-22-6-14-27(38)15-7-22/h6-21,29,35H,3-5H2,1-2H3/b26-18-. The van der Waals surface area contributed by atoms with E-state index in [0.29, 0.717) is 10.1 Å². The van der Waals surface area contributed by atoms with Gasteiger partial charge in [-0.25, -0.2) is 14.5 Å². The van der Waals surface area contributed by atoms with Crippen LogP contribution in [0.3, 0.4) is 0 Å². The van der Waals surface area contributed by atoms with E-state index in [1.54, 1.807) is 12.1 Å². The number of fused-ring (bicyclic) bond motifs is 2. The third-order valence-corrected chi connectivity index (χ3v) is 10.00. The Hall–Kier alpha value is -4.09. The first-order chi connectivity index (χ1) is 23.0. The third kappa shape index (κ3) is 6.25. The zero-order valence-corrected chi connectivity index (χ0v) is 29.2. The number of alkyl halides is 3. The number of hydrogen-bond acceptors (Lipinski definition) is 4. The van der Waals surface area contributed by atoms with Gasteiger partial charge >= 0.3 is 6.18 Å². The van der Waals surface area contributed by atoms with Gasteiger partial charge in [0.25, 0.3) is 5.91 Å². The van der Waals surface area contributed by atoms with Crippen LogP contribution in [0.2, 0.25) is 0 Å². The van der Waals surface area contributed by atoms with Crippen LogP contribution in [0.25, 0.3) is 23.0 Å². The van der Waals surface area contributed by atoms with Crippen molar-refractivity contribution < 1.29 is 18.0 Å². The maximum Gasteiger partial charge on any atom is 0.433 e. The van der Waals surface area contributed by atoms with Gasteiger partial charge in [0.2, 0.25) is 0 Å². The minimum Gasteiger partial charge on any atom is -0.265 e. The average Bonchev–Trinajstić information content (AvgIpc) is 3.68. The molecule has 2 aromatic heterocycles. The third-order valence-electron chi connectivity index (χ3n) is 8.94. The average molecular weight is 777 g/mol. The highest BCUT2D eigenvalue weighted by molar-refractivity contribution is 9.10. The highest BCUT2D eigenvalue weighted by Crippen LogP contribution is 2.45. The molecule has 0 N–H and O–H groups in total. The van der Waals surface area contributed by atoms with Crippen LogP contribution in [0, 0.1) is 5.92 Å². The molecule has 1 aliphatic carbocycles. The molecule has 7 rings (SSSR count). The number of benzene rings is 3. The summed E-state index contributed by atoms with van der Waals surface area (Å²) in [5, 5.41) is 10.5. The van der Waals surface area contributed by atoms with Crippen molar-refractivity contribution in [2.24, 2.45) is 11.0 Å². The van der Waals surface area contributed by atoms with E-state index in [2.05, 4.69) is 48.0 Å². The Balaban J connectivity index is 1.32. The van der Waals surface area contributed by atoms with Gasteiger partial charge in [0, 0.05) is 26.5 Å². The number of hydrogen-bond donors (Lipinski definition) is 0. The second kappa shape index (κ2) is 12.7. The first-order valence-corrected chi connectivity index (χ1v) is 17.3. The van der Waals surface area contributed by atoms with Crippen LogP contribution in [-0.4, -0.2) is 31.2 Å². The van der Waals surface area contributed by atoms with E-state index in [-0.39, 0.29) is 28.9 Å². The molecule has 1 aliphatic heterocycles. The Morgan fingerprint density at radius 2 is 1.60 bits per heavy atom. The number of allylic oxidation sites excluding steroid dienone is 1. The Kier molecular flexibility index (Phi) is 8.62. The number of carbonyl (C=O) groups is 1. The molecule has 5 aromatic rings. The second-order valence-corrected chi connectivity index (χ2v) is 14.3. The maximum absolute atomic E-state index is 14.4. The molecule has 2 unspecified atom stereocenters. The minimum absolute atomic E-state index is 0.0728. The van der Waals surface area contributed by atoms with Crippen molar-refractivity contribution in [3.63, 3.8) is 0 Å². The zero-order chi connectivity index (χ0) is 33.7. The van der Waals surface area contributed by atoms with E-state index in [1.807, 2.05) is 74.5 Å². The molecule has 1 saturated carbocycles. The van der Waals surface area contributed by atoms with Gasteiger partial charge in [-0.05, 0) is 83.9 Å². The van der Waals surface area contributed by atoms with Crippen molar-refractivity contribution in [2.45, 2.75) is 51.2 Å². The van der Waals surface area contributed by atoms with E-state index >= 15 is 0 Å². The van der Waals surface area contributed by atoms with Gasteiger partial charge in [-0.2, -0.15) is 23.4 Å². The van der Waals surface area contributed by atoms with Crippen molar-refractivity contribution in [1.82, 2.24) is 19.6 Å². The molecular formula is C37H30Br2F3N5O. The molecule has 2 atom stereocenters. The lowest BCUT2D eigenvalue weighted by atomic mass is 9.77. The van der Waals surface area contributed by atoms with Crippen LogP contribution < -0.4 is 0 Å². The minimum atomic E-state index is -4.74. The van der Waals surface area contributed by atoms with Gasteiger partial charge in [-0.3, -0.25) is 4.79 Å². The lowest BCUT2D eigenvalue weighted by Crippen LogP contribution is -2.32. The summed E-state index contributed by atoms with van der Waals surface area (Å²) in [5.74, 6) is -0.406. The fraction of sp³-hybridized carbons (Fsp3) is 0.243. The molecule has 1 amide bonds. The molecule has 48 heavy (non-hydrogen) atoms. The number of hydrazone groups is 1. The molecule has 3 aromatic carbocycles. The van der Waals surface area contributed by atoms with E-state index in [4.69, 9.17) is 5.10 Å². The summed E-state index contributed by atoms with van der Waals surface area (Å²) in [6.07, 6.45) is -0.117. The Morgan fingerprint density at radius 1 is 0.938 bits per heavy atom. The summed E-state index contributed by atoms with van der Waals surface area (Å²) in [7, 11) is 0. The Bertz CT molecular complexity index is 2070. The van der Waals surface area contributed by atoms with E-state index in [1.165, 1.54) is 11.1 Å². The monoisotopic (exact) mass is 775 g/mol. The number of carbonyl (C=O) groups excluding carboxylic acids is 1. The molecular weight excluding hydrogens is 747 g/mol. The van der Waals surface area contributed by atoms with Crippen molar-refractivity contribution >= 4 is 55.2 Å².